The zero-order chi connectivity index (χ0) is 21.8. The second-order valence-corrected chi connectivity index (χ2v) is 7.92. The second kappa shape index (κ2) is 9.06. The van der Waals surface area contributed by atoms with Crippen molar-refractivity contribution in [3.8, 4) is 16.9 Å². The molecular weight excluding hydrogens is 398 g/mol. The Morgan fingerprint density at radius 2 is 1.72 bits per heavy atom. The van der Waals surface area contributed by atoms with Gasteiger partial charge in [0.1, 0.15) is 5.69 Å². The van der Waals surface area contributed by atoms with Crippen LogP contribution in [0.4, 0.5) is 5.69 Å². The Morgan fingerprint density at radius 3 is 2.50 bits per heavy atom. The normalized spacial score (nSPS) is 13.3. The molecule has 1 N–H and O–H groups in total. The van der Waals surface area contributed by atoms with Crippen LogP contribution < -0.4 is 10.2 Å². The molecule has 6 heteroatoms. The lowest BCUT2D eigenvalue weighted by atomic mass is 10.1. The van der Waals surface area contributed by atoms with Crippen molar-refractivity contribution in [2.24, 2.45) is 0 Å². The van der Waals surface area contributed by atoms with Crippen molar-refractivity contribution < 1.29 is 4.79 Å². The number of nitrogens with zero attached hydrogens (tertiary/aromatic N) is 4. The van der Waals surface area contributed by atoms with E-state index >= 15 is 0 Å². The highest BCUT2D eigenvalue weighted by Gasteiger charge is 2.20. The number of anilines is 1. The van der Waals surface area contributed by atoms with Crippen molar-refractivity contribution in [2.45, 2.75) is 19.4 Å². The number of nitrogens with one attached hydrogen (secondary N) is 1. The van der Waals surface area contributed by atoms with Gasteiger partial charge in [0.2, 0.25) is 0 Å². The molecule has 0 saturated carbocycles. The Balaban J connectivity index is 1.43. The third-order valence-corrected chi connectivity index (χ3v) is 5.79. The number of hydrogen-bond donors (Lipinski definition) is 1. The highest BCUT2D eigenvalue weighted by molar-refractivity contribution is 5.99. The van der Waals surface area contributed by atoms with Gasteiger partial charge in [0.25, 0.3) is 5.91 Å². The van der Waals surface area contributed by atoms with Gasteiger partial charge in [-0.25, -0.2) is 4.68 Å². The Morgan fingerprint density at radius 1 is 0.938 bits per heavy atom. The predicted molar refractivity (Wildman–Crippen MR) is 126 cm³/mol. The molecule has 0 aliphatic carbocycles. The first-order valence-corrected chi connectivity index (χ1v) is 11.0. The van der Waals surface area contributed by atoms with Gasteiger partial charge >= 0.3 is 0 Å². The molecule has 5 rings (SSSR count). The van der Waals surface area contributed by atoms with Crippen LogP contribution in [0.25, 0.3) is 16.9 Å². The fourth-order valence-corrected chi connectivity index (χ4v) is 4.17. The van der Waals surface area contributed by atoms with Crippen LogP contribution in [0, 0.1) is 0 Å². The average molecular weight is 424 g/mol. The zero-order valence-electron chi connectivity index (χ0n) is 17.8. The number of carbonyl (C=O) groups is 1. The van der Waals surface area contributed by atoms with Crippen LogP contribution in [-0.4, -0.2) is 33.8 Å². The molecule has 0 bridgehead atoms. The molecule has 2 aromatic heterocycles. The molecule has 1 amide bonds. The van der Waals surface area contributed by atoms with E-state index in [0.29, 0.717) is 17.8 Å². The van der Waals surface area contributed by atoms with Crippen molar-refractivity contribution >= 4 is 11.6 Å². The maximum absolute atomic E-state index is 13.3. The second-order valence-electron chi connectivity index (χ2n) is 7.92. The van der Waals surface area contributed by atoms with E-state index in [-0.39, 0.29) is 5.91 Å². The van der Waals surface area contributed by atoms with E-state index in [1.165, 1.54) is 18.5 Å². The van der Waals surface area contributed by atoms with Gasteiger partial charge in [0.05, 0.1) is 11.3 Å². The number of carbonyl (C=O) groups excluding carboxylic acids is 1. The van der Waals surface area contributed by atoms with Crippen molar-refractivity contribution in [1.82, 2.24) is 20.1 Å². The van der Waals surface area contributed by atoms with Crippen LogP contribution in [0.5, 0.6) is 0 Å². The Labute approximate surface area is 187 Å². The van der Waals surface area contributed by atoms with Crippen molar-refractivity contribution in [2.75, 3.05) is 18.0 Å². The summed E-state index contributed by atoms with van der Waals surface area (Å²) in [6.07, 6.45) is 7.67. The van der Waals surface area contributed by atoms with Crippen LogP contribution >= 0.6 is 0 Å². The first kappa shape index (κ1) is 20.0. The van der Waals surface area contributed by atoms with Gasteiger partial charge in [-0.05, 0) is 48.7 Å². The van der Waals surface area contributed by atoms with Gasteiger partial charge in [-0.2, -0.15) is 5.10 Å². The van der Waals surface area contributed by atoms with Crippen LogP contribution in [-0.2, 0) is 6.54 Å². The van der Waals surface area contributed by atoms with Gasteiger partial charge in [0.15, 0.2) is 0 Å². The summed E-state index contributed by atoms with van der Waals surface area (Å²) in [6, 6.07) is 21.9. The lowest BCUT2D eigenvalue weighted by molar-refractivity contribution is 0.0951. The topological polar surface area (TPSA) is 63.1 Å². The lowest BCUT2D eigenvalue weighted by Crippen LogP contribution is -2.25. The summed E-state index contributed by atoms with van der Waals surface area (Å²) < 4.78 is 1.75. The summed E-state index contributed by atoms with van der Waals surface area (Å²) in [7, 11) is 0. The Bertz CT molecular complexity index is 1200. The third-order valence-electron chi connectivity index (χ3n) is 5.79. The summed E-state index contributed by atoms with van der Waals surface area (Å²) >= 11 is 0. The summed E-state index contributed by atoms with van der Waals surface area (Å²) in [5.41, 5.74) is 5.19. The molecule has 0 spiro atoms. The maximum atomic E-state index is 13.3. The molecule has 160 valence electrons. The smallest absolute Gasteiger partial charge is 0.255 e. The first-order chi connectivity index (χ1) is 15.8. The van der Waals surface area contributed by atoms with Crippen LogP contribution in [0.3, 0.4) is 0 Å². The lowest BCUT2D eigenvalue weighted by Gasteiger charge is -2.21. The summed E-state index contributed by atoms with van der Waals surface area (Å²) in [6.45, 7) is 2.61. The van der Waals surface area contributed by atoms with Gasteiger partial charge in [-0.15, -0.1) is 0 Å². The van der Waals surface area contributed by atoms with E-state index in [1.54, 1.807) is 23.3 Å². The molecular formula is C26H25N5O. The minimum absolute atomic E-state index is 0.151. The van der Waals surface area contributed by atoms with E-state index in [4.69, 9.17) is 5.10 Å². The molecule has 0 atom stereocenters. The van der Waals surface area contributed by atoms with Crippen LogP contribution in [0.1, 0.15) is 28.8 Å². The SMILES string of the molecule is O=C(NCc1ccccc1N1CCCC1)c1cn(-c2ccccc2)nc1-c1cccnc1. The standard InChI is InChI=1S/C26H25N5O/c32-26(28-18-20-9-4-5-13-24(20)30-15-6-7-16-30)23-19-31(22-11-2-1-3-12-22)29-25(23)21-10-8-14-27-17-21/h1-5,8-14,17,19H,6-7,15-16,18H2,(H,28,32). The molecule has 0 radical (unpaired) electrons. The Hall–Kier alpha value is -3.93. The molecule has 1 aliphatic heterocycles. The highest BCUT2D eigenvalue weighted by atomic mass is 16.1. The molecule has 0 unspecified atom stereocenters. The number of aromatic nitrogens is 3. The van der Waals surface area contributed by atoms with Gasteiger partial charge in [-0.3, -0.25) is 9.78 Å². The zero-order valence-corrected chi connectivity index (χ0v) is 17.8. The molecule has 3 heterocycles. The predicted octanol–water partition coefficient (Wildman–Crippen LogP) is 4.46. The molecule has 6 nitrogen and oxygen atoms in total. The quantitative estimate of drug-likeness (QED) is 0.497. The van der Waals surface area contributed by atoms with E-state index < -0.39 is 0 Å². The van der Waals surface area contributed by atoms with Gasteiger partial charge in [-0.1, -0.05) is 36.4 Å². The number of hydrogen-bond acceptors (Lipinski definition) is 4. The number of para-hydroxylation sites is 2. The van der Waals surface area contributed by atoms with Crippen LogP contribution in [0.2, 0.25) is 0 Å². The van der Waals surface area contributed by atoms with Gasteiger partial charge < -0.3 is 10.2 Å². The third kappa shape index (κ3) is 4.12. The van der Waals surface area contributed by atoms with Crippen molar-refractivity contribution in [3.63, 3.8) is 0 Å². The summed E-state index contributed by atoms with van der Waals surface area (Å²) in [5.74, 6) is -0.151. The van der Waals surface area contributed by atoms with Gasteiger partial charge in [0, 0.05) is 49.5 Å². The first-order valence-electron chi connectivity index (χ1n) is 11.0. The largest absolute Gasteiger partial charge is 0.371 e. The maximum Gasteiger partial charge on any atom is 0.255 e. The summed E-state index contributed by atoms with van der Waals surface area (Å²) in [4.78, 5) is 19.9. The highest BCUT2D eigenvalue weighted by Crippen LogP contribution is 2.26. The molecule has 4 aromatic rings. The molecule has 32 heavy (non-hydrogen) atoms. The molecule has 2 aromatic carbocycles. The van der Waals surface area contributed by atoms with E-state index in [0.717, 1.165) is 29.9 Å². The number of rotatable bonds is 6. The van der Waals surface area contributed by atoms with E-state index in [2.05, 4.69) is 33.4 Å². The molecule has 1 fully saturated rings. The van der Waals surface area contributed by atoms with Crippen molar-refractivity contribution in [1.29, 1.82) is 0 Å². The fourth-order valence-electron chi connectivity index (χ4n) is 4.17. The fraction of sp³-hybridized carbons (Fsp3) is 0.192. The molecule has 1 aliphatic rings. The van der Waals surface area contributed by atoms with E-state index in [1.807, 2.05) is 48.5 Å². The minimum Gasteiger partial charge on any atom is -0.371 e. The monoisotopic (exact) mass is 423 g/mol. The number of pyridine rings is 1. The van der Waals surface area contributed by atoms with Crippen molar-refractivity contribution in [3.05, 3.63) is 96.4 Å². The van der Waals surface area contributed by atoms with Crippen LogP contribution in [0.15, 0.2) is 85.3 Å². The number of amides is 1. The number of benzene rings is 2. The Kier molecular flexibility index (Phi) is 5.66. The average Bonchev–Trinajstić information content (AvgIpc) is 3.55. The molecule has 1 saturated heterocycles. The summed E-state index contributed by atoms with van der Waals surface area (Å²) in [5, 5.41) is 7.83. The van der Waals surface area contributed by atoms with E-state index in [9.17, 15) is 4.79 Å². The minimum atomic E-state index is -0.151.